The van der Waals surface area contributed by atoms with Gasteiger partial charge in [-0.2, -0.15) is 0 Å². The highest BCUT2D eigenvalue weighted by Crippen LogP contribution is 2.14. The van der Waals surface area contributed by atoms with Gasteiger partial charge in [0.05, 0.1) is 6.61 Å². The summed E-state index contributed by atoms with van der Waals surface area (Å²) in [6.07, 6.45) is 112. The van der Waals surface area contributed by atoms with E-state index in [0.717, 1.165) is 167 Å². The van der Waals surface area contributed by atoms with E-state index in [1.165, 1.54) is 51.4 Å². The van der Waals surface area contributed by atoms with Crippen LogP contribution in [0.2, 0.25) is 0 Å². The molecule has 0 aliphatic heterocycles. The summed E-state index contributed by atoms with van der Waals surface area (Å²) in [5, 5.41) is 9.69. The maximum absolute atomic E-state index is 12.3. The number of allylic oxidation sites excluding steroid dienone is 34. The number of aliphatic hydroxyl groups excluding tert-OH is 1. The van der Waals surface area contributed by atoms with Crippen LogP contribution in [0.1, 0.15) is 245 Å². The van der Waals surface area contributed by atoms with Gasteiger partial charge < -0.3 is 14.6 Å². The molecule has 82 heavy (non-hydrogen) atoms. The molecule has 0 spiro atoms. The molecule has 1 N–H and O–H groups in total. The van der Waals surface area contributed by atoms with Gasteiger partial charge in [-0.05, 0) is 148 Å². The second-order valence-electron chi connectivity index (χ2n) is 20.7. The molecule has 0 fully saturated rings. The highest BCUT2D eigenvalue weighted by Gasteiger charge is 2.16. The van der Waals surface area contributed by atoms with Crippen molar-refractivity contribution in [3.8, 4) is 0 Å². The molecule has 0 aliphatic carbocycles. The molecule has 1 atom stereocenters. The molecule has 1 unspecified atom stereocenters. The quantitative estimate of drug-likeness (QED) is 0.0373. The van der Waals surface area contributed by atoms with Crippen molar-refractivity contribution in [2.75, 3.05) is 13.2 Å². The first kappa shape index (κ1) is 76.5. The summed E-state index contributed by atoms with van der Waals surface area (Å²) < 4.78 is 10.7. The fourth-order valence-corrected chi connectivity index (χ4v) is 8.27. The Balaban J connectivity index is 3.64. The summed E-state index contributed by atoms with van der Waals surface area (Å²) in [6, 6.07) is 0. The first-order valence-electron chi connectivity index (χ1n) is 32.6. The summed E-state index contributed by atoms with van der Waals surface area (Å²) in [5.74, 6) is -0.632. The molecule has 0 bridgehead atoms. The summed E-state index contributed by atoms with van der Waals surface area (Å²) >= 11 is 0. The lowest BCUT2D eigenvalue weighted by Gasteiger charge is -2.15. The van der Waals surface area contributed by atoms with Gasteiger partial charge in [-0.3, -0.25) is 9.59 Å². The predicted molar refractivity (Wildman–Crippen MR) is 361 cm³/mol. The fourth-order valence-electron chi connectivity index (χ4n) is 8.27. The van der Waals surface area contributed by atoms with E-state index in [2.05, 4.69) is 220 Å². The number of hydrogen-bond acceptors (Lipinski definition) is 5. The Morgan fingerprint density at radius 3 is 0.732 bits per heavy atom. The number of hydrogen-bond donors (Lipinski definition) is 1. The Labute approximate surface area is 504 Å². The second-order valence-corrected chi connectivity index (χ2v) is 20.7. The highest BCUT2D eigenvalue weighted by molar-refractivity contribution is 5.70. The first-order chi connectivity index (χ1) is 40.6. The normalized spacial score (nSPS) is 13.6. The first-order valence-corrected chi connectivity index (χ1v) is 32.6. The number of esters is 2. The van der Waals surface area contributed by atoms with Crippen LogP contribution >= 0.6 is 0 Å². The molecule has 0 heterocycles. The van der Waals surface area contributed by atoms with Crippen LogP contribution in [0.3, 0.4) is 0 Å². The Kier molecular flexibility index (Phi) is 65.1. The van der Waals surface area contributed by atoms with E-state index in [1.807, 2.05) is 0 Å². The van der Waals surface area contributed by atoms with E-state index >= 15 is 0 Å². The maximum Gasteiger partial charge on any atom is 0.306 e. The largest absolute Gasteiger partial charge is 0.462 e. The number of unbranched alkanes of at least 4 members (excludes halogenated alkanes) is 15. The summed E-state index contributed by atoms with van der Waals surface area (Å²) in [5.41, 5.74) is 0. The van der Waals surface area contributed by atoms with E-state index in [0.29, 0.717) is 12.8 Å². The molecule has 456 valence electrons. The molecule has 5 heteroatoms. The molecule has 0 saturated heterocycles. The smallest absolute Gasteiger partial charge is 0.306 e. The van der Waals surface area contributed by atoms with Crippen LogP contribution in [0.15, 0.2) is 207 Å². The van der Waals surface area contributed by atoms with Crippen LogP contribution in [0.5, 0.6) is 0 Å². The van der Waals surface area contributed by atoms with Crippen LogP contribution in [-0.4, -0.2) is 36.4 Å². The monoisotopic (exact) mass is 1120 g/mol. The lowest BCUT2D eigenvalue weighted by molar-refractivity contribution is -0.161. The van der Waals surface area contributed by atoms with Crippen molar-refractivity contribution in [1.82, 2.24) is 0 Å². The Morgan fingerprint density at radius 2 is 0.488 bits per heavy atom. The van der Waals surface area contributed by atoms with E-state index in [9.17, 15) is 14.7 Å². The van der Waals surface area contributed by atoms with Gasteiger partial charge in [0.25, 0.3) is 0 Å². The molecular weight excluding hydrogens is 1000 g/mol. The third-order valence-electron chi connectivity index (χ3n) is 13.1. The van der Waals surface area contributed by atoms with E-state index in [1.54, 1.807) is 0 Å². The van der Waals surface area contributed by atoms with Gasteiger partial charge in [0, 0.05) is 12.8 Å². The van der Waals surface area contributed by atoms with Gasteiger partial charge in [0.15, 0.2) is 6.10 Å². The van der Waals surface area contributed by atoms with Crippen molar-refractivity contribution >= 4 is 11.9 Å². The Morgan fingerprint density at radius 1 is 0.280 bits per heavy atom. The summed E-state index contributed by atoms with van der Waals surface area (Å²) in [4.78, 5) is 24.6. The standard InChI is InChI=1S/C77H118O5/c1-3-5-7-9-11-13-15-17-19-21-23-25-27-29-31-33-35-37-38-40-41-43-45-47-49-51-53-55-57-59-61-63-65-67-69-71-76(79)81-74-75(73-78)82-77(80)72-70-68-66-64-62-60-58-56-54-52-50-48-46-44-42-39-36-34-32-30-28-26-24-22-20-18-16-14-12-10-8-6-4-2/h5-8,11-14,17-20,23-26,29-32,35-37,39-41,44-47,50,52,56,58,75,78H,3-4,9-10,15-16,21-22,27-28,33-34,38,42-43,48-49,51,53-55,57,59-74H2,1-2H3/b7-5-,8-6-,13-11-,14-12-,19-17-,20-18-,25-23-,26-24-,31-29-,32-30-,37-35-,39-36-,41-40-,46-44-,47-45-,52-50-,58-56-. The van der Waals surface area contributed by atoms with Crippen LogP contribution in [0.4, 0.5) is 0 Å². The van der Waals surface area contributed by atoms with Crippen LogP contribution in [-0.2, 0) is 19.1 Å². The maximum atomic E-state index is 12.3. The molecule has 0 aromatic carbocycles. The predicted octanol–water partition coefficient (Wildman–Crippen LogP) is 23.0. The lowest BCUT2D eigenvalue weighted by Crippen LogP contribution is -2.28. The third-order valence-corrected chi connectivity index (χ3v) is 13.1. The van der Waals surface area contributed by atoms with E-state index < -0.39 is 6.10 Å². The molecule has 0 aromatic rings. The minimum absolute atomic E-state index is 0.0902. The van der Waals surface area contributed by atoms with Crippen LogP contribution in [0, 0.1) is 0 Å². The number of rotatable bonds is 57. The third kappa shape index (κ3) is 67.0. The number of aliphatic hydroxyl groups is 1. The zero-order valence-electron chi connectivity index (χ0n) is 52.2. The SMILES string of the molecule is CC/C=C\C/C=C\C/C=C\C/C=C\C/C=C\C/C=C\C/C=C\C/C=C\C/C=C\CCCCCCCC(=O)OC(CO)COC(=O)CCCCCCCCCCCC/C=C\C/C=C\C/C=C\C/C=C\C/C=C\C/C=C\C/C=C\C/C=C\CC. The number of carbonyl (C=O) groups is 2. The van der Waals surface area contributed by atoms with Crippen LogP contribution < -0.4 is 0 Å². The molecule has 0 radical (unpaired) electrons. The van der Waals surface area contributed by atoms with Gasteiger partial charge in [-0.25, -0.2) is 0 Å². The summed E-state index contributed by atoms with van der Waals surface area (Å²) in [7, 11) is 0. The molecular formula is C77H118O5. The number of ether oxygens (including phenoxy) is 2. The minimum atomic E-state index is -0.803. The van der Waals surface area contributed by atoms with Crippen molar-refractivity contribution < 1.29 is 24.2 Å². The van der Waals surface area contributed by atoms with Crippen molar-refractivity contribution in [2.24, 2.45) is 0 Å². The zero-order valence-corrected chi connectivity index (χ0v) is 52.2. The number of carbonyl (C=O) groups excluding carboxylic acids is 2. The average Bonchev–Trinajstić information content (AvgIpc) is 3.49. The molecule has 0 aromatic heterocycles. The minimum Gasteiger partial charge on any atom is -0.462 e. The van der Waals surface area contributed by atoms with Crippen molar-refractivity contribution in [2.45, 2.75) is 251 Å². The van der Waals surface area contributed by atoms with Crippen molar-refractivity contribution in [3.05, 3.63) is 207 Å². The van der Waals surface area contributed by atoms with Crippen molar-refractivity contribution in [3.63, 3.8) is 0 Å². The van der Waals surface area contributed by atoms with E-state index in [-0.39, 0.29) is 25.2 Å². The lowest BCUT2D eigenvalue weighted by atomic mass is 10.1. The molecule has 0 aliphatic rings. The van der Waals surface area contributed by atoms with Crippen LogP contribution in [0.25, 0.3) is 0 Å². The van der Waals surface area contributed by atoms with Gasteiger partial charge in [0.1, 0.15) is 6.61 Å². The summed E-state index contributed by atoms with van der Waals surface area (Å²) in [6.45, 7) is 3.88. The molecule has 0 rings (SSSR count). The molecule has 0 amide bonds. The van der Waals surface area contributed by atoms with E-state index in [4.69, 9.17) is 9.47 Å². The zero-order chi connectivity index (χ0) is 59.1. The van der Waals surface area contributed by atoms with Gasteiger partial charge in [-0.15, -0.1) is 0 Å². The average molecular weight is 1120 g/mol. The second kappa shape index (κ2) is 69.7. The molecule has 0 saturated carbocycles. The van der Waals surface area contributed by atoms with Gasteiger partial charge in [-0.1, -0.05) is 291 Å². The highest BCUT2D eigenvalue weighted by atomic mass is 16.6. The van der Waals surface area contributed by atoms with Gasteiger partial charge >= 0.3 is 11.9 Å². The topological polar surface area (TPSA) is 72.8 Å². The molecule has 5 nitrogen and oxygen atoms in total. The van der Waals surface area contributed by atoms with Gasteiger partial charge in [0.2, 0.25) is 0 Å². The fraction of sp³-hybridized carbons (Fsp3) is 0.532. The van der Waals surface area contributed by atoms with Crippen molar-refractivity contribution in [1.29, 1.82) is 0 Å². The Hall–Kier alpha value is -5.52. The Bertz CT molecular complexity index is 1950.